The van der Waals surface area contributed by atoms with Gasteiger partial charge in [-0.25, -0.2) is 0 Å². The first-order valence-electron chi connectivity index (χ1n) is 9.09. The number of halogens is 1. The number of amides is 1. The molecule has 0 saturated carbocycles. The van der Waals surface area contributed by atoms with Gasteiger partial charge in [0.15, 0.2) is 0 Å². The van der Waals surface area contributed by atoms with E-state index in [2.05, 4.69) is 4.98 Å². The number of carbonyl (C=O) groups excluding carboxylic acids is 1. The molecule has 0 unspecified atom stereocenters. The van der Waals surface area contributed by atoms with Gasteiger partial charge in [0.05, 0.1) is 0 Å². The third kappa shape index (κ3) is 3.23. The number of nitrogens with two attached hydrogens (primary N) is 1. The number of benzene rings is 1. The number of anilines is 2. The molecule has 1 amide bonds. The zero-order valence-electron chi connectivity index (χ0n) is 14.7. The molecule has 138 valence electrons. The van der Waals surface area contributed by atoms with Crippen LogP contribution >= 0.6 is 12.4 Å². The molecule has 1 aliphatic heterocycles. The lowest BCUT2D eigenvalue weighted by atomic mass is 9.98. The van der Waals surface area contributed by atoms with Crippen LogP contribution in [0.2, 0.25) is 0 Å². The van der Waals surface area contributed by atoms with E-state index in [1.165, 1.54) is 6.42 Å². The predicted molar refractivity (Wildman–Crippen MR) is 106 cm³/mol. The van der Waals surface area contributed by atoms with Crippen molar-refractivity contribution in [3.63, 3.8) is 0 Å². The van der Waals surface area contributed by atoms with Gasteiger partial charge >= 0.3 is 0 Å². The Morgan fingerprint density at radius 1 is 1.08 bits per heavy atom. The van der Waals surface area contributed by atoms with Gasteiger partial charge in [-0.3, -0.25) is 9.59 Å². The molecule has 0 bridgehead atoms. The predicted octanol–water partition coefficient (Wildman–Crippen LogP) is 3.24. The fourth-order valence-electron chi connectivity index (χ4n) is 4.02. The third-order valence-electron chi connectivity index (χ3n) is 5.35. The van der Waals surface area contributed by atoms with Gasteiger partial charge in [0.1, 0.15) is 5.56 Å². The lowest BCUT2D eigenvalue weighted by Crippen LogP contribution is -2.38. The first kappa shape index (κ1) is 18.5. The lowest BCUT2D eigenvalue weighted by Gasteiger charge is -2.30. The molecule has 0 fully saturated rings. The van der Waals surface area contributed by atoms with E-state index < -0.39 is 0 Å². The number of aryl methyl sites for hydroxylation is 2. The minimum atomic E-state index is -0.276. The van der Waals surface area contributed by atoms with E-state index in [1.807, 2.05) is 24.3 Å². The monoisotopic (exact) mass is 373 g/mol. The highest BCUT2D eigenvalue weighted by molar-refractivity contribution is 6.07. The van der Waals surface area contributed by atoms with Gasteiger partial charge in [-0.05, 0) is 67.9 Å². The molecule has 26 heavy (non-hydrogen) atoms. The summed E-state index contributed by atoms with van der Waals surface area (Å²) in [5, 5.41) is 0. The van der Waals surface area contributed by atoms with Crippen LogP contribution in [0.1, 0.15) is 52.9 Å². The molecular formula is C20H24ClN3O2. The summed E-state index contributed by atoms with van der Waals surface area (Å²) in [6.45, 7) is 0.617. The Balaban J connectivity index is 0.00000196. The number of H-pyrrole nitrogens is 1. The number of nitrogens with one attached hydrogen (secondary N) is 1. The van der Waals surface area contributed by atoms with Crippen LogP contribution in [0.3, 0.4) is 0 Å². The van der Waals surface area contributed by atoms with Gasteiger partial charge in [-0.15, -0.1) is 12.4 Å². The van der Waals surface area contributed by atoms with Crippen molar-refractivity contribution in [2.45, 2.75) is 44.9 Å². The highest BCUT2D eigenvalue weighted by Gasteiger charge is 2.27. The third-order valence-corrected chi connectivity index (χ3v) is 5.35. The normalized spacial score (nSPS) is 16.1. The van der Waals surface area contributed by atoms with Gasteiger partial charge in [-0.2, -0.15) is 0 Å². The minimum absolute atomic E-state index is 0. The molecule has 0 atom stereocenters. The molecule has 5 nitrogen and oxygen atoms in total. The van der Waals surface area contributed by atoms with Gasteiger partial charge < -0.3 is 15.6 Å². The molecule has 1 aromatic heterocycles. The standard InChI is InChI=1S/C20H23N3O2.ClH/c21-16-8-4-10-18-14(16)7-5-11-23(18)20(25)15-12-13-6-2-1-3-9-17(13)22-19(15)24;/h4,8,10,12H,1-3,5-7,9,11,21H2,(H,22,24);1H. The topological polar surface area (TPSA) is 79.2 Å². The molecule has 0 saturated heterocycles. The van der Waals surface area contributed by atoms with Crippen molar-refractivity contribution in [1.29, 1.82) is 0 Å². The maximum Gasteiger partial charge on any atom is 0.263 e. The molecule has 1 aromatic carbocycles. The Bertz CT molecular complexity index is 891. The van der Waals surface area contributed by atoms with Crippen LogP contribution in [0.5, 0.6) is 0 Å². The molecular weight excluding hydrogens is 350 g/mol. The van der Waals surface area contributed by atoms with E-state index in [-0.39, 0.29) is 29.4 Å². The minimum Gasteiger partial charge on any atom is -0.398 e. The summed E-state index contributed by atoms with van der Waals surface area (Å²) >= 11 is 0. The van der Waals surface area contributed by atoms with Crippen molar-refractivity contribution in [3.05, 3.63) is 57.0 Å². The maximum atomic E-state index is 13.1. The molecule has 6 heteroatoms. The average molecular weight is 374 g/mol. The number of hydrogen-bond donors (Lipinski definition) is 2. The number of aromatic nitrogens is 1. The Kier molecular flexibility index (Phi) is 5.37. The Hall–Kier alpha value is -2.27. The van der Waals surface area contributed by atoms with Crippen molar-refractivity contribution in [2.75, 3.05) is 17.2 Å². The average Bonchev–Trinajstić information content (AvgIpc) is 2.85. The second-order valence-electron chi connectivity index (χ2n) is 6.98. The SMILES string of the molecule is Cl.Nc1cccc2c1CCCN2C(=O)c1cc2c([nH]c1=O)CCCCC2. The molecule has 1 aliphatic carbocycles. The number of hydrogen-bond acceptors (Lipinski definition) is 3. The fraction of sp³-hybridized carbons (Fsp3) is 0.400. The number of nitrogens with zero attached hydrogens (tertiary/aromatic N) is 1. The van der Waals surface area contributed by atoms with Crippen molar-refractivity contribution < 1.29 is 4.79 Å². The zero-order chi connectivity index (χ0) is 17.4. The van der Waals surface area contributed by atoms with Crippen molar-refractivity contribution >= 4 is 29.7 Å². The number of nitrogen functional groups attached to an aromatic ring is 1. The molecule has 3 N–H and O–H groups in total. The van der Waals surface area contributed by atoms with Gasteiger partial charge in [-0.1, -0.05) is 12.5 Å². The van der Waals surface area contributed by atoms with Crippen molar-refractivity contribution in [1.82, 2.24) is 4.98 Å². The first-order chi connectivity index (χ1) is 12.1. The van der Waals surface area contributed by atoms with E-state index >= 15 is 0 Å². The van der Waals surface area contributed by atoms with Gasteiger partial charge in [0, 0.05) is 23.6 Å². The highest BCUT2D eigenvalue weighted by Crippen LogP contribution is 2.32. The fourth-order valence-corrected chi connectivity index (χ4v) is 4.02. The van der Waals surface area contributed by atoms with E-state index in [1.54, 1.807) is 4.90 Å². The molecule has 2 heterocycles. The van der Waals surface area contributed by atoms with Crippen LogP contribution in [0, 0.1) is 0 Å². The largest absolute Gasteiger partial charge is 0.398 e. The molecule has 2 aromatic rings. The van der Waals surface area contributed by atoms with Crippen LogP contribution < -0.4 is 16.2 Å². The number of fused-ring (bicyclic) bond motifs is 2. The number of rotatable bonds is 1. The highest BCUT2D eigenvalue weighted by atomic mass is 35.5. The summed E-state index contributed by atoms with van der Waals surface area (Å²) in [5.74, 6) is -0.222. The Labute approximate surface area is 159 Å². The van der Waals surface area contributed by atoms with E-state index in [9.17, 15) is 9.59 Å². The van der Waals surface area contributed by atoms with E-state index in [0.717, 1.165) is 61.0 Å². The summed E-state index contributed by atoms with van der Waals surface area (Å²) in [6, 6.07) is 7.46. The smallest absolute Gasteiger partial charge is 0.263 e. The second-order valence-corrected chi connectivity index (χ2v) is 6.98. The summed E-state index contributed by atoms with van der Waals surface area (Å²) in [4.78, 5) is 30.3. The zero-order valence-corrected chi connectivity index (χ0v) is 15.5. The molecule has 2 aliphatic rings. The van der Waals surface area contributed by atoms with Crippen LogP contribution in [0.4, 0.5) is 11.4 Å². The molecule has 0 spiro atoms. The van der Waals surface area contributed by atoms with Gasteiger partial charge in [0.25, 0.3) is 11.5 Å². The Morgan fingerprint density at radius 2 is 1.88 bits per heavy atom. The van der Waals surface area contributed by atoms with Crippen molar-refractivity contribution in [3.8, 4) is 0 Å². The van der Waals surface area contributed by atoms with E-state index in [0.29, 0.717) is 12.2 Å². The van der Waals surface area contributed by atoms with E-state index in [4.69, 9.17) is 5.73 Å². The van der Waals surface area contributed by atoms with Crippen LogP contribution in [0.25, 0.3) is 0 Å². The molecule has 0 radical (unpaired) electrons. The van der Waals surface area contributed by atoms with Gasteiger partial charge in [0.2, 0.25) is 0 Å². The maximum absolute atomic E-state index is 13.1. The number of pyridine rings is 1. The Morgan fingerprint density at radius 3 is 2.73 bits per heavy atom. The van der Waals surface area contributed by atoms with Crippen LogP contribution in [-0.2, 0) is 19.3 Å². The van der Waals surface area contributed by atoms with Crippen LogP contribution in [0.15, 0.2) is 29.1 Å². The molecule has 4 rings (SSSR count). The summed E-state index contributed by atoms with van der Waals surface area (Å²) in [5.41, 5.74) is 10.7. The lowest BCUT2D eigenvalue weighted by molar-refractivity contribution is 0.0983. The number of carbonyl (C=O) groups is 1. The summed E-state index contributed by atoms with van der Waals surface area (Å²) in [6.07, 6.45) is 6.91. The summed E-state index contributed by atoms with van der Waals surface area (Å²) in [7, 11) is 0. The van der Waals surface area contributed by atoms with Crippen LogP contribution in [-0.4, -0.2) is 17.4 Å². The number of aromatic amines is 1. The van der Waals surface area contributed by atoms with Crippen molar-refractivity contribution in [2.24, 2.45) is 0 Å². The first-order valence-corrected chi connectivity index (χ1v) is 9.09. The second kappa shape index (κ2) is 7.54. The quantitative estimate of drug-likeness (QED) is 0.595. The summed E-state index contributed by atoms with van der Waals surface area (Å²) < 4.78 is 0.